The van der Waals surface area contributed by atoms with Gasteiger partial charge in [-0.3, -0.25) is 9.69 Å². The lowest BCUT2D eigenvalue weighted by Gasteiger charge is -2.27. The van der Waals surface area contributed by atoms with Crippen LogP contribution in [0.15, 0.2) is 0 Å². The first-order chi connectivity index (χ1) is 7.11. The Balaban J connectivity index is 2.56. The number of rotatable bonds is 4. The minimum Gasteiger partial charge on any atom is -0.480 e. The van der Waals surface area contributed by atoms with Crippen LogP contribution in [0.1, 0.15) is 20.3 Å². The van der Waals surface area contributed by atoms with Crippen LogP contribution in [0.5, 0.6) is 0 Å². The second kappa shape index (κ2) is 6.66. The van der Waals surface area contributed by atoms with E-state index in [1.165, 1.54) is 0 Å². The summed E-state index contributed by atoms with van der Waals surface area (Å²) < 4.78 is 0. The first-order valence-electron chi connectivity index (χ1n) is 5.23. The largest absolute Gasteiger partial charge is 0.480 e. The van der Waals surface area contributed by atoms with Crippen LogP contribution in [0.4, 0.5) is 0 Å². The fourth-order valence-corrected chi connectivity index (χ4v) is 3.88. The zero-order valence-corrected chi connectivity index (χ0v) is 10.9. The summed E-state index contributed by atoms with van der Waals surface area (Å²) in [7, 11) is 0. The lowest BCUT2D eigenvalue weighted by atomic mass is 10.0. The highest BCUT2D eigenvalue weighted by Gasteiger charge is 2.27. The molecule has 1 fully saturated rings. The van der Waals surface area contributed by atoms with Crippen LogP contribution in [-0.4, -0.2) is 45.3 Å². The first kappa shape index (κ1) is 13.2. The van der Waals surface area contributed by atoms with Crippen LogP contribution < -0.4 is 0 Å². The number of carbonyl (C=O) groups is 1. The summed E-state index contributed by atoms with van der Waals surface area (Å²) in [6, 6.07) is -0.303. The maximum atomic E-state index is 11.2. The number of carboxylic acid groups (broad SMARTS) is 1. The van der Waals surface area contributed by atoms with Crippen molar-refractivity contribution >= 4 is 29.5 Å². The average Bonchev–Trinajstić information content (AvgIpc) is 2.41. The molecule has 1 aliphatic rings. The number of aliphatic carboxylic acids is 1. The Morgan fingerprint density at radius 3 is 2.27 bits per heavy atom. The third kappa shape index (κ3) is 4.66. The number of hydrogen-bond donors (Lipinski definition) is 1. The van der Waals surface area contributed by atoms with Gasteiger partial charge in [0.15, 0.2) is 0 Å². The monoisotopic (exact) mass is 249 g/mol. The molecule has 0 bridgehead atoms. The summed E-state index contributed by atoms with van der Waals surface area (Å²) >= 11 is 3.68. The second-order valence-electron chi connectivity index (χ2n) is 4.15. The molecule has 3 nitrogen and oxygen atoms in total. The molecule has 1 N–H and O–H groups in total. The topological polar surface area (TPSA) is 40.5 Å². The van der Waals surface area contributed by atoms with Gasteiger partial charge in [0.1, 0.15) is 6.04 Å². The molecule has 0 unspecified atom stereocenters. The molecule has 1 heterocycles. The maximum Gasteiger partial charge on any atom is 0.320 e. The van der Waals surface area contributed by atoms with Crippen LogP contribution in [0.3, 0.4) is 0 Å². The van der Waals surface area contributed by atoms with Gasteiger partial charge >= 0.3 is 5.97 Å². The third-order valence-electron chi connectivity index (χ3n) is 2.31. The molecule has 0 aromatic rings. The first-order valence-corrected chi connectivity index (χ1v) is 7.54. The van der Waals surface area contributed by atoms with E-state index in [9.17, 15) is 9.90 Å². The molecule has 0 aromatic carbocycles. The highest BCUT2D eigenvalue weighted by atomic mass is 32.2. The van der Waals surface area contributed by atoms with E-state index in [0.29, 0.717) is 5.92 Å². The van der Waals surface area contributed by atoms with Crippen molar-refractivity contribution in [3.8, 4) is 0 Å². The molecule has 5 heteroatoms. The minimum atomic E-state index is -0.674. The van der Waals surface area contributed by atoms with Gasteiger partial charge in [-0.1, -0.05) is 13.8 Å². The molecule has 0 aromatic heterocycles. The summed E-state index contributed by atoms with van der Waals surface area (Å²) in [4.78, 5) is 13.3. The van der Waals surface area contributed by atoms with Gasteiger partial charge in [0, 0.05) is 23.3 Å². The van der Waals surface area contributed by atoms with Gasteiger partial charge in [-0.25, -0.2) is 0 Å². The molecule has 1 aliphatic heterocycles. The molecule has 88 valence electrons. The standard InChI is InChI=1S/C10H19NO2S2/c1-8(2)5-9(10(12)13)11-6-14-3-4-15-7-11/h8-9H,3-7H2,1-2H3,(H,12,13)/t9-/m0/s1. The van der Waals surface area contributed by atoms with E-state index in [-0.39, 0.29) is 6.04 Å². The fraction of sp³-hybridized carbons (Fsp3) is 0.900. The molecule has 1 rings (SSSR count). The summed E-state index contributed by atoms with van der Waals surface area (Å²) in [5, 5.41) is 9.21. The van der Waals surface area contributed by atoms with Crippen LogP contribution in [0, 0.1) is 5.92 Å². The second-order valence-corrected chi connectivity index (χ2v) is 6.30. The van der Waals surface area contributed by atoms with E-state index in [1.54, 1.807) is 0 Å². The van der Waals surface area contributed by atoms with E-state index in [2.05, 4.69) is 18.7 Å². The van der Waals surface area contributed by atoms with Crippen molar-refractivity contribution in [2.45, 2.75) is 26.3 Å². The van der Waals surface area contributed by atoms with E-state index in [4.69, 9.17) is 0 Å². The lowest BCUT2D eigenvalue weighted by Crippen LogP contribution is -2.41. The van der Waals surface area contributed by atoms with Gasteiger partial charge in [-0.2, -0.15) is 0 Å². The molecular formula is C10H19NO2S2. The van der Waals surface area contributed by atoms with E-state index >= 15 is 0 Å². The van der Waals surface area contributed by atoms with Gasteiger partial charge in [0.25, 0.3) is 0 Å². The Kier molecular flexibility index (Phi) is 5.86. The van der Waals surface area contributed by atoms with E-state index in [1.807, 2.05) is 23.5 Å². The normalized spacial score (nSPS) is 21.3. The number of thioether (sulfide) groups is 2. The fourth-order valence-electron chi connectivity index (χ4n) is 1.55. The zero-order valence-electron chi connectivity index (χ0n) is 9.31. The van der Waals surface area contributed by atoms with Crippen molar-refractivity contribution in [1.82, 2.24) is 4.90 Å². The molecule has 0 radical (unpaired) electrons. The predicted octanol–water partition coefficient (Wildman–Crippen LogP) is 2.18. The van der Waals surface area contributed by atoms with Crippen molar-refractivity contribution in [2.75, 3.05) is 23.3 Å². The molecule has 0 spiro atoms. The Bertz CT molecular complexity index is 204. The minimum absolute atomic E-state index is 0.303. The lowest BCUT2D eigenvalue weighted by molar-refractivity contribution is -0.143. The van der Waals surface area contributed by atoms with Crippen LogP contribution >= 0.6 is 23.5 Å². The Morgan fingerprint density at radius 1 is 1.33 bits per heavy atom. The Hall–Kier alpha value is 0.130. The molecule has 0 aliphatic carbocycles. The molecule has 1 atom stereocenters. The van der Waals surface area contributed by atoms with Crippen molar-refractivity contribution in [3.63, 3.8) is 0 Å². The van der Waals surface area contributed by atoms with Gasteiger partial charge < -0.3 is 5.11 Å². The summed E-state index contributed by atoms with van der Waals surface area (Å²) in [6.07, 6.45) is 0.746. The SMILES string of the molecule is CC(C)C[C@@H](C(=O)O)N1CSCCSC1. The highest BCUT2D eigenvalue weighted by molar-refractivity contribution is 8.03. The Labute approximate surface area is 100.0 Å². The Morgan fingerprint density at radius 2 is 1.87 bits per heavy atom. The molecule has 0 amide bonds. The van der Waals surface area contributed by atoms with E-state index < -0.39 is 5.97 Å². The third-order valence-corrected chi connectivity index (χ3v) is 4.58. The van der Waals surface area contributed by atoms with Crippen molar-refractivity contribution in [3.05, 3.63) is 0 Å². The van der Waals surface area contributed by atoms with Gasteiger partial charge in [0.05, 0.1) is 0 Å². The van der Waals surface area contributed by atoms with Gasteiger partial charge in [-0.05, 0) is 12.3 Å². The molecule has 0 saturated carbocycles. The maximum absolute atomic E-state index is 11.2. The smallest absolute Gasteiger partial charge is 0.320 e. The summed E-state index contributed by atoms with van der Waals surface area (Å²) in [5.74, 6) is 3.74. The van der Waals surface area contributed by atoms with Crippen molar-refractivity contribution in [1.29, 1.82) is 0 Å². The molecule has 1 saturated heterocycles. The summed E-state index contributed by atoms with van der Waals surface area (Å²) in [5.41, 5.74) is 0. The van der Waals surface area contributed by atoms with Crippen LogP contribution in [0.2, 0.25) is 0 Å². The number of hydrogen-bond acceptors (Lipinski definition) is 4. The quantitative estimate of drug-likeness (QED) is 0.827. The van der Waals surface area contributed by atoms with Gasteiger partial charge in [-0.15, -0.1) is 23.5 Å². The summed E-state index contributed by atoms with van der Waals surface area (Å²) in [6.45, 7) is 4.15. The number of nitrogens with zero attached hydrogens (tertiary/aromatic N) is 1. The zero-order chi connectivity index (χ0) is 11.3. The van der Waals surface area contributed by atoms with Crippen LogP contribution in [-0.2, 0) is 4.79 Å². The van der Waals surface area contributed by atoms with E-state index in [0.717, 1.165) is 29.7 Å². The number of carboxylic acids is 1. The predicted molar refractivity (Wildman–Crippen MR) is 67.4 cm³/mol. The molecule has 15 heavy (non-hydrogen) atoms. The highest BCUT2D eigenvalue weighted by Crippen LogP contribution is 2.22. The van der Waals surface area contributed by atoms with Crippen molar-refractivity contribution in [2.24, 2.45) is 5.92 Å². The van der Waals surface area contributed by atoms with Gasteiger partial charge in [0.2, 0.25) is 0 Å². The average molecular weight is 249 g/mol. The molecular weight excluding hydrogens is 230 g/mol. The van der Waals surface area contributed by atoms with Crippen LogP contribution in [0.25, 0.3) is 0 Å². The van der Waals surface area contributed by atoms with Crippen molar-refractivity contribution < 1.29 is 9.90 Å².